The standard InChI is InChI=1S/C26H28F3N3O3/c1-25(2,14-23(34)35)11-9-22(33)31-13-10-19-20-4-3-12-30-24(20)32(21(19)16-31)15-17-5-7-18(8-6-17)26(27,28)29/h3-8,12H,9-11,13-16H2,1-2H3,(H,34,35). The Morgan fingerprint density at radius 2 is 1.83 bits per heavy atom. The van der Waals surface area contributed by atoms with E-state index in [1.807, 2.05) is 30.5 Å². The fourth-order valence-electron chi connectivity index (χ4n) is 4.73. The minimum absolute atomic E-state index is 0.00251. The number of aliphatic carboxylic acids is 1. The first-order valence-electron chi connectivity index (χ1n) is 11.6. The topological polar surface area (TPSA) is 75.4 Å². The van der Waals surface area contributed by atoms with Gasteiger partial charge in [0.15, 0.2) is 0 Å². The molecule has 3 aromatic rings. The fourth-order valence-corrected chi connectivity index (χ4v) is 4.73. The highest BCUT2D eigenvalue weighted by Gasteiger charge is 2.31. The van der Waals surface area contributed by atoms with E-state index < -0.39 is 23.1 Å². The molecular formula is C26H28F3N3O3. The van der Waals surface area contributed by atoms with Crippen LogP contribution in [0.15, 0.2) is 42.6 Å². The molecule has 0 fully saturated rings. The minimum Gasteiger partial charge on any atom is -0.481 e. The number of pyridine rings is 1. The van der Waals surface area contributed by atoms with Crippen molar-refractivity contribution in [3.63, 3.8) is 0 Å². The number of fused-ring (bicyclic) bond motifs is 3. The van der Waals surface area contributed by atoms with Crippen LogP contribution in [0.3, 0.4) is 0 Å². The van der Waals surface area contributed by atoms with Gasteiger partial charge in [-0.25, -0.2) is 4.98 Å². The SMILES string of the molecule is CC(C)(CCC(=O)N1CCc2c(n(Cc3ccc(C(F)(F)F)cc3)c3ncccc23)C1)CC(=O)O. The number of amides is 1. The maximum atomic E-state index is 13.0. The van der Waals surface area contributed by atoms with Gasteiger partial charge in [-0.05, 0) is 53.6 Å². The molecule has 9 heteroatoms. The van der Waals surface area contributed by atoms with Crippen LogP contribution in [0.4, 0.5) is 13.2 Å². The zero-order valence-electron chi connectivity index (χ0n) is 19.7. The minimum atomic E-state index is -4.39. The monoisotopic (exact) mass is 487 g/mol. The number of benzene rings is 1. The summed E-state index contributed by atoms with van der Waals surface area (Å²) in [7, 11) is 0. The van der Waals surface area contributed by atoms with Crippen molar-refractivity contribution in [1.82, 2.24) is 14.5 Å². The zero-order chi connectivity index (χ0) is 25.4. The van der Waals surface area contributed by atoms with Crippen LogP contribution in [-0.4, -0.2) is 38.0 Å². The first-order chi connectivity index (χ1) is 16.4. The highest BCUT2D eigenvalue weighted by atomic mass is 19.4. The van der Waals surface area contributed by atoms with Crippen LogP contribution >= 0.6 is 0 Å². The molecule has 6 nitrogen and oxygen atoms in total. The first-order valence-corrected chi connectivity index (χ1v) is 11.6. The largest absolute Gasteiger partial charge is 0.481 e. The molecule has 0 unspecified atom stereocenters. The summed E-state index contributed by atoms with van der Waals surface area (Å²) >= 11 is 0. The number of carboxylic acids is 1. The molecule has 3 heterocycles. The molecule has 1 amide bonds. The summed E-state index contributed by atoms with van der Waals surface area (Å²) in [5.74, 6) is -0.918. The average Bonchev–Trinajstić information content (AvgIpc) is 3.09. The van der Waals surface area contributed by atoms with Crippen LogP contribution in [0.5, 0.6) is 0 Å². The lowest BCUT2D eigenvalue weighted by Gasteiger charge is -2.30. The second kappa shape index (κ2) is 9.36. The summed E-state index contributed by atoms with van der Waals surface area (Å²) in [6.07, 6.45) is -1.33. The molecule has 2 aromatic heterocycles. The maximum Gasteiger partial charge on any atom is 0.416 e. The highest BCUT2D eigenvalue weighted by molar-refractivity contribution is 5.84. The summed E-state index contributed by atoms with van der Waals surface area (Å²) in [6, 6.07) is 8.94. The van der Waals surface area contributed by atoms with Crippen molar-refractivity contribution in [2.45, 2.75) is 58.8 Å². The van der Waals surface area contributed by atoms with Crippen LogP contribution in [-0.2, 0) is 35.3 Å². The number of nitrogens with zero attached hydrogens (tertiary/aromatic N) is 3. The van der Waals surface area contributed by atoms with E-state index in [1.165, 1.54) is 12.1 Å². The molecule has 1 N–H and O–H groups in total. The third-order valence-corrected chi connectivity index (χ3v) is 6.63. The van der Waals surface area contributed by atoms with Crippen molar-refractivity contribution in [2.24, 2.45) is 5.41 Å². The van der Waals surface area contributed by atoms with Crippen LogP contribution in [0, 0.1) is 5.41 Å². The molecule has 4 rings (SSSR count). The number of alkyl halides is 3. The van der Waals surface area contributed by atoms with Gasteiger partial charge < -0.3 is 14.6 Å². The van der Waals surface area contributed by atoms with E-state index in [0.29, 0.717) is 38.0 Å². The summed E-state index contributed by atoms with van der Waals surface area (Å²) in [4.78, 5) is 30.4. The van der Waals surface area contributed by atoms with Crippen LogP contribution in [0.25, 0.3) is 11.0 Å². The molecule has 0 radical (unpaired) electrons. The van der Waals surface area contributed by atoms with Gasteiger partial charge in [-0.3, -0.25) is 9.59 Å². The van der Waals surface area contributed by atoms with Crippen molar-refractivity contribution < 1.29 is 27.9 Å². The summed E-state index contributed by atoms with van der Waals surface area (Å²) in [5, 5.41) is 10.1. The lowest BCUT2D eigenvalue weighted by Crippen LogP contribution is -2.37. The summed E-state index contributed by atoms with van der Waals surface area (Å²) in [5.41, 5.74) is 2.32. The van der Waals surface area contributed by atoms with Gasteiger partial charge in [-0.1, -0.05) is 26.0 Å². The maximum absolute atomic E-state index is 13.0. The van der Waals surface area contributed by atoms with E-state index in [-0.39, 0.29) is 18.7 Å². The number of rotatable bonds is 7. The molecule has 0 saturated carbocycles. The van der Waals surface area contributed by atoms with Crippen molar-refractivity contribution >= 4 is 22.9 Å². The Hall–Kier alpha value is -3.36. The van der Waals surface area contributed by atoms with Gasteiger partial charge >= 0.3 is 12.1 Å². The molecular weight excluding hydrogens is 459 g/mol. The van der Waals surface area contributed by atoms with Crippen molar-refractivity contribution in [3.8, 4) is 0 Å². The van der Waals surface area contributed by atoms with Gasteiger partial charge in [0.1, 0.15) is 5.65 Å². The Morgan fingerprint density at radius 3 is 2.49 bits per heavy atom. The molecule has 0 aliphatic carbocycles. The van der Waals surface area contributed by atoms with Gasteiger partial charge in [0, 0.05) is 36.8 Å². The number of carbonyl (C=O) groups excluding carboxylic acids is 1. The number of aromatic nitrogens is 2. The molecule has 186 valence electrons. The second-order valence-electron chi connectivity index (χ2n) is 9.88. The number of hydrogen-bond acceptors (Lipinski definition) is 3. The third kappa shape index (κ3) is 5.49. The van der Waals surface area contributed by atoms with E-state index in [4.69, 9.17) is 5.11 Å². The smallest absolute Gasteiger partial charge is 0.416 e. The van der Waals surface area contributed by atoms with E-state index in [0.717, 1.165) is 34.4 Å². The number of halogens is 3. The van der Waals surface area contributed by atoms with E-state index in [1.54, 1.807) is 11.1 Å². The molecule has 0 bridgehead atoms. The van der Waals surface area contributed by atoms with Gasteiger partial charge in [0.05, 0.1) is 18.5 Å². The number of carbonyl (C=O) groups is 2. The first kappa shape index (κ1) is 24.8. The van der Waals surface area contributed by atoms with Crippen molar-refractivity contribution in [3.05, 3.63) is 65.0 Å². The van der Waals surface area contributed by atoms with Gasteiger partial charge in [0.25, 0.3) is 0 Å². The summed E-state index contributed by atoms with van der Waals surface area (Å²) < 4.78 is 40.9. The van der Waals surface area contributed by atoms with Gasteiger partial charge in [0.2, 0.25) is 5.91 Å². The Morgan fingerprint density at radius 1 is 1.11 bits per heavy atom. The molecule has 0 spiro atoms. The predicted molar refractivity (Wildman–Crippen MR) is 125 cm³/mol. The van der Waals surface area contributed by atoms with Gasteiger partial charge in [-0.2, -0.15) is 13.2 Å². The van der Waals surface area contributed by atoms with Crippen LogP contribution in [0.2, 0.25) is 0 Å². The third-order valence-electron chi connectivity index (χ3n) is 6.63. The van der Waals surface area contributed by atoms with Crippen LogP contribution < -0.4 is 0 Å². The van der Waals surface area contributed by atoms with Gasteiger partial charge in [-0.15, -0.1) is 0 Å². The Labute approximate surface area is 201 Å². The normalized spacial score (nSPS) is 14.3. The zero-order valence-corrected chi connectivity index (χ0v) is 19.7. The second-order valence-corrected chi connectivity index (χ2v) is 9.88. The Balaban J connectivity index is 1.57. The molecule has 35 heavy (non-hydrogen) atoms. The van der Waals surface area contributed by atoms with Crippen molar-refractivity contribution in [1.29, 1.82) is 0 Å². The van der Waals surface area contributed by atoms with E-state index in [2.05, 4.69) is 4.98 Å². The number of hydrogen-bond donors (Lipinski definition) is 1. The predicted octanol–water partition coefficient (Wildman–Crippen LogP) is 5.27. The Bertz CT molecular complexity index is 1250. The average molecular weight is 488 g/mol. The lowest BCUT2D eigenvalue weighted by atomic mass is 9.84. The van der Waals surface area contributed by atoms with Crippen molar-refractivity contribution in [2.75, 3.05) is 6.54 Å². The Kier molecular flexibility index (Phi) is 6.62. The highest BCUT2D eigenvalue weighted by Crippen LogP contribution is 2.33. The molecule has 0 atom stereocenters. The quantitative estimate of drug-likeness (QED) is 0.493. The van der Waals surface area contributed by atoms with E-state index >= 15 is 0 Å². The molecule has 0 saturated heterocycles. The number of carboxylic acid groups (broad SMARTS) is 1. The van der Waals surface area contributed by atoms with Crippen LogP contribution in [0.1, 0.15) is 55.5 Å². The lowest BCUT2D eigenvalue weighted by molar-refractivity contribution is -0.140. The fraction of sp³-hybridized carbons (Fsp3) is 0.423. The summed E-state index contributed by atoms with van der Waals surface area (Å²) in [6.45, 7) is 4.96. The molecule has 1 aliphatic heterocycles. The van der Waals surface area contributed by atoms with E-state index in [9.17, 15) is 22.8 Å². The molecule has 1 aliphatic rings. The molecule has 1 aromatic carbocycles.